The molecule has 0 saturated heterocycles. The van der Waals surface area contributed by atoms with Gasteiger partial charge in [0.25, 0.3) is 0 Å². The molecular weight excluding hydrogens is 342 g/mol. The number of ether oxygens (including phenoxy) is 2. The lowest BCUT2D eigenvalue weighted by Crippen LogP contribution is -2.01. The fourth-order valence-electron chi connectivity index (χ4n) is 1.83. The maximum atomic E-state index is 6.06. The van der Waals surface area contributed by atoms with Crippen molar-refractivity contribution in [3.05, 3.63) is 51.5 Å². The molecule has 0 aliphatic rings. The topological polar surface area (TPSA) is 30.5 Å². The molecule has 0 heterocycles. The second-order valence-corrected chi connectivity index (χ2v) is 5.34. The summed E-state index contributed by atoms with van der Waals surface area (Å²) in [5.41, 5.74) is 2.04. The van der Waals surface area contributed by atoms with Gasteiger partial charge in [0.15, 0.2) is 11.5 Å². The van der Waals surface area contributed by atoms with Gasteiger partial charge in [-0.2, -0.15) is 0 Å². The number of rotatable bonds is 5. The minimum absolute atomic E-state index is 0.666. The molecule has 106 valence electrons. The average molecular weight is 357 g/mol. The fourth-order valence-corrected chi connectivity index (χ4v) is 2.41. The van der Waals surface area contributed by atoms with Crippen LogP contribution in [0, 0.1) is 0 Å². The van der Waals surface area contributed by atoms with E-state index in [1.54, 1.807) is 14.2 Å². The van der Waals surface area contributed by atoms with Crippen LogP contribution in [0.5, 0.6) is 11.5 Å². The van der Waals surface area contributed by atoms with Gasteiger partial charge in [0.05, 0.1) is 29.4 Å². The lowest BCUT2D eigenvalue weighted by molar-refractivity contribution is 0.354. The highest BCUT2D eigenvalue weighted by Gasteiger charge is 2.06. The molecule has 0 aromatic heterocycles. The van der Waals surface area contributed by atoms with Crippen LogP contribution in [0.4, 0.5) is 5.69 Å². The van der Waals surface area contributed by atoms with E-state index in [1.807, 2.05) is 36.4 Å². The molecule has 0 spiro atoms. The van der Waals surface area contributed by atoms with Crippen molar-refractivity contribution in [2.24, 2.45) is 0 Å². The van der Waals surface area contributed by atoms with E-state index < -0.39 is 0 Å². The highest BCUT2D eigenvalue weighted by molar-refractivity contribution is 9.10. The number of anilines is 1. The van der Waals surface area contributed by atoms with Crippen LogP contribution >= 0.6 is 27.5 Å². The van der Waals surface area contributed by atoms with Crippen LogP contribution in [0.2, 0.25) is 5.02 Å². The largest absolute Gasteiger partial charge is 0.493 e. The second-order valence-electron chi connectivity index (χ2n) is 4.14. The van der Waals surface area contributed by atoms with Crippen LogP contribution in [0.1, 0.15) is 5.56 Å². The summed E-state index contributed by atoms with van der Waals surface area (Å²) in [4.78, 5) is 0. The van der Waals surface area contributed by atoms with Crippen molar-refractivity contribution in [1.82, 2.24) is 0 Å². The van der Waals surface area contributed by atoms with Gasteiger partial charge in [0.1, 0.15) is 0 Å². The van der Waals surface area contributed by atoms with E-state index in [9.17, 15) is 0 Å². The molecule has 20 heavy (non-hydrogen) atoms. The standard InChI is InChI=1S/C15H15BrClNO2/c1-19-13-7-6-10(8-14(13)20-2)9-18-12-5-3-4-11(17)15(12)16/h3-8,18H,9H2,1-2H3. The van der Waals surface area contributed by atoms with E-state index in [4.69, 9.17) is 21.1 Å². The van der Waals surface area contributed by atoms with E-state index in [-0.39, 0.29) is 0 Å². The molecule has 0 unspecified atom stereocenters. The molecule has 2 aromatic carbocycles. The number of benzene rings is 2. The number of nitrogens with one attached hydrogen (secondary N) is 1. The molecule has 0 aliphatic heterocycles. The van der Waals surface area contributed by atoms with Crippen molar-refractivity contribution >= 4 is 33.2 Å². The summed E-state index contributed by atoms with van der Waals surface area (Å²) in [7, 11) is 3.25. The van der Waals surface area contributed by atoms with E-state index in [2.05, 4.69) is 21.2 Å². The smallest absolute Gasteiger partial charge is 0.161 e. The first-order valence-electron chi connectivity index (χ1n) is 6.04. The molecule has 0 saturated carbocycles. The summed E-state index contributed by atoms with van der Waals surface area (Å²) in [5, 5.41) is 4.01. The van der Waals surface area contributed by atoms with Crippen LogP contribution in [0.25, 0.3) is 0 Å². The van der Waals surface area contributed by atoms with Crippen molar-refractivity contribution in [2.75, 3.05) is 19.5 Å². The predicted molar refractivity (Wildman–Crippen MR) is 86.0 cm³/mol. The zero-order chi connectivity index (χ0) is 14.5. The van der Waals surface area contributed by atoms with Gasteiger partial charge in [0, 0.05) is 6.54 Å². The van der Waals surface area contributed by atoms with Crippen LogP contribution < -0.4 is 14.8 Å². The summed E-state index contributed by atoms with van der Waals surface area (Å²) in [5.74, 6) is 1.44. The van der Waals surface area contributed by atoms with Crippen LogP contribution in [0.15, 0.2) is 40.9 Å². The van der Waals surface area contributed by atoms with Crippen molar-refractivity contribution in [2.45, 2.75) is 6.54 Å². The zero-order valence-corrected chi connectivity index (χ0v) is 13.6. The zero-order valence-electron chi connectivity index (χ0n) is 11.2. The van der Waals surface area contributed by atoms with Crippen LogP contribution in [-0.4, -0.2) is 14.2 Å². The molecule has 1 N–H and O–H groups in total. The fraction of sp³-hybridized carbons (Fsp3) is 0.200. The highest BCUT2D eigenvalue weighted by atomic mass is 79.9. The Hall–Kier alpha value is -1.39. The molecule has 0 bridgehead atoms. The minimum atomic E-state index is 0.666. The number of hydrogen-bond donors (Lipinski definition) is 1. The Labute approximate surface area is 132 Å². The van der Waals surface area contributed by atoms with E-state index in [1.165, 1.54) is 0 Å². The molecule has 0 atom stereocenters. The number of halogens is 2. The first kappa shape index (κ1) is 15.0. The van der Waals surface area contributed by atoms with E-state index >= 15 is 0 Å². The predicted octanol–water partition coefficient (Wildman–Crippen LogP) is 4.73. The maximum absolute atomic E-state index is 6.06. The molecule has 2 aromatic rings. The minimum Gasteiger partial charge on any atom is -0.493 e. The lowest BCUT2D eigenvalue weighted by atomic mass is 10.2. The second kappa shape index (κ2) is 6.86. The molecule has 0 amide bonds. The van der Waals surface area contributed by atoms with Gasteiger partial charge in [-0.05, 0) is 45.8 Å². The van der Waals surface area contributed by atoms with Crippen molar-refractivity contribution < 1.29 is 9.47 Å². The lowest BCUT2D eigenvalue weighted by Gasteiger charge is -2.12. The summed E-state index contributed by atoms with van der Waals surface area (Å²) in [6, 6.07) is 11.5. The quantitative estimate of drug-likeness (QED) is 0.840. The van der Waals surface area contributed by atoms with Gasteiger partial charge >= 0.3 is 0 Å². The van der Waals surface area contributed by atoms with Crippen molar-refractivity contribution in [3.8, 4) is 11.5 Å². The molecule has 0 fully saturated rings. The molecule has 0 aliphatic carbocycles. The van der Waals surface area contributed by atoms with E-state index in [0.29, 0.717) is 11.6 Å². The van der Waals surface area contributed by atoms with Crippen LogP contribution in [0.3, 0.4) is 0 Å². The first-order valence-corrected chi connectivity index (χ1v) is 7.21. The first-order chi connectivity index (χ1) is 9.65. The van der Waals surface area contributed by atoms with Crippen LogP contribution in [-0.2, 0) is 6.54 Å². The summed E-state index contributed by atoms with van der Waals surface area (Å²) in [6.45, 7) is 0.666. The van der Waals surface area contributed by atoms with Gasteiger partial charge in [0.2, 0.25) is 0 Å². The van der Waals surface area contributed by atoms with Gasteiger partial charge in [-0.25, -0.2) is 0 Å². The number of hydrogen-bond acceptors (Lipinski definition) is 3. The summed E-state index contributed by atoms with van der Waals surface area (Å²) < 4.78 is 11.4. The average Bonchev–Trinajstić information content (AvgIpc) is 2.48. The Kier molecular flexibility index (Phi) is 5.15. The van der Waals surface area contributed by atoms with E-state index in [0.717, 1.165) is 27.2 Å². The Morgan fingerprint density at radius 1 is 1.10 bits per heavy atom. The van der Waals surface area contributed by atoms with Gasteiger partial charge in [-0.1, -0.05) is 23.7 Å². The SMILES string of the molecule is COc1ccc(CNc2cccc(Cl)c2Br)cc1OC. The van der Waals surface area contributed by atoms with Gasteiger partial charge in [-0.3, -0.25) is 0 Å². The molecule has 5 heteroatoms. The molecule has 3 nitrogen and oxygen atoms in total. The van der Waals surface area contributed by atoms with Gasteiger partial charge in [-0.15, -0.1) is 0 Å². The summed E-state index contributed by atoms with van der Waals surface area (Å²) >= 11 is 9.52. The number of methoxy groups -OCH3 is 2. The van der Waals surface area contributed by atoms with Crippen molar-refractivity contribution in [3.63, 3.8) is 0 Å². The summed E-state index contributed by atoms with van der Waals surface area (Å²) in [6.07, 6.45) is 0. The normalized spacial score (nSPS) is 10.2. The third-order valence-corrected chi connectivity index (χ3v) is 4.28. The molecular formula is C15H15BrClNO2. The van der Waals surface area contributed by atoms with Crippen molar-refractivity contribution in [1.29, 1.82) is 0 Å². The molecule has 2 rings (SSSR count). The van der Waals surface area contributed by atoms with Gasteiger partial charge < -0.3 is 14.8 Å². The Bertz CT molecular complexity index is 604. The molecule has 0 radical (unpaired) electrons. The third-order valence-electron chi connectivity index (χ3n) is 2.88. The monoisotopic (exact) mass is 355 g/mol. The Morgan fingerprint density at radius 3 is 2.55 bits per heavy atom. The third kappa shape index (κ3) is 3.38. The Balaban J connectivity index is 2.13. The highest BCUT2D eigenvalue weighted by Crippen LogP contribution is 2.31. The maximum Gasteiger partial charge on any atom is 0.161 e. The Morgan fingerprint density at radius 2 is 1.85 bits per heavy atom.